The largest absolute Gasteiger partial charge is 0.296 e. The van der Waals surface area contributed by atoms with E-state index in [0.717, 1.165) is 60.3 Å². The molecule has 5 rings (SSSR count). The van der Waals surface area contributed by atoms with Crippen molar-refractivity contribution in [1.29, 1.82) is 0 Å². The molecule has 1 aromatic carbocycles. The Kier molecular flexibility index (Phi) is 4.44. The van der Waals surface area contributed by atoms with Crippen LogP contribution in [0.4, 0.5) is 0 Å². The van der Waals surface area contributed by atoms with Crippen LogP contribution in [0, 0.1) is 6.92 Å². The van der Waals surface area contributed by atoms with Crippen molar-refractivity contribution in [3.8, 4) is 11.4 Å². The van der Waals surface area contributed by atoms with Gasteiger partial charge in [0.25, 0.3) is 0 Å². The minimum Gasteiger partial charge on any atom is -0.296 e. The maximum atomic E-state index is 6.41. The number of rotatable bonds is 3. The predicted molar refractivity (Wildman–Crippen MR) is 110 cm³/mol. The summed E-state index contributed by atoms with van der Waals surface area (Å²) in [7, 11) is 0. The monoisotopic (exact) mass is 393 g/mol. The Balaban J connectivity index is 1.44. The third-order valence-corrected chi connectivity index (χ3v) is 6.74. The van der Waals surface area contributed by atoms with Gasteiger partial charge < -0.3 is 0 Å². The van der Waals surface area contributed by atoms with Crippen LogP contribution in [0.15, 0.2) is 36.5 Å². The molecule has 1 aliphatic heterocycles. The minimum absolute atomic E-state index is 0.123. The molecule has 6 heteroatoms. The number of aromatic amines is 1. The summed E-state index contributed by atoms with van der Waals surface area (Å²) in [6.07, 6.45) is 6.63. The highest BCUT2D eigenvalue weighted by molar-refractivity contribution is 6.31. The molecule has 144 valence electrons. The van der Waals surface area contributed by atoms with Crippen LogP contribution in [0.1, 0.15) is 41.9 Å². The van der Waals surface area contributed by atoms with Crippen LogP contribution >= 0.6 is 11.6 Å². The lowest BCUT2D eigenvalue weighted by Gasteiger charge is -2.40. The summed E-state index contributed by atoms with van der Waals surface area (Å²) in [6, 6.07) is 10.3. The topological polar surface area (TPSA) is 57.7 Å². The van der Waals surface area contributed by atoms with Crippen molar-refractivity contribution in [2.45, 2.75) is 44.6 Å². The number of fused-ring (bicyclic) bond motifs is 2. The minimum atomic E-state index is 0.123. The zero-order valence-electron chi connectivity index (χ0n) is 16.1. The molecule has 1 fully saturated rings. The van der Waals surface area contributed by atoms with Gasteiger partial charge in [0.1, 0.15) is 0 Å². The van der Waals surface area contributed by atoms with Gasteiger partial charge >= 0.3 is 0 Å². The lowest BCUT2D eigenvalue weighted by Crippen LogP contribution is -2.45. The lowest BCUT2D eigenvalue weighted by molar-refractivity contribution is 0.135. The molecule has 28 heavy (non-hydrogen) atoms. The molecular weight excluding hydrogens is 370 g/mol. The van der Waals surface area contributed by atoms with Crippen molar-refractivity contribution in [3.63, 3.8) is 0 Å². The molecule has 0 bridgehead atoms. The average molecular weight is 394 g/mol. The second-order valence-electron chi connectivity index (χ2n) is 8.14. The Bertz CT molecular complexity index is 995. The van der Waals surface area contributed by atoms with Gasteiger partial charge in [-0.05, 0) is 44.7 Å². The molecule has 3 aromatic rings. The van der Waals surface area contributed by atoms with Gasteiger partial charge in [0.15, 0.2) is 5.82 Å². The van der Waals surface area contributed by atoms with Gasteiger partial charge in [-0.2, -0.15) is 5.10 Å². The van der Waals surface area contributed by atoms with E-state index in [1.54, 1.807) is 0 Å². The molecule has 1 saturated heterocycles. The van der Waals surface area contributed by atoms with Crippen LogP contribution in [0.3, 0.4) is 0 Å². The normalized spacial score (nSPS) is 21.9. The molecule has 5 nitrogen and oxygen atoms in total. The quantitative estimate of drug-likeness (QED) is 0.720. The molecule has 1 N–H and O–H groups in total. The molecule has 1 atom stereocenters. The maximum Gasteiger partial charge on any atom is 0.159 e. The Hall–Kier alpha value is -2.24. The number of benzene rings is 1. The standard InChI is InChI=1S/C22H24ClN5/c1-15-19(23)18(27-26-15)13-28-11-5-9-22(14-28)10-8-17-12-24-21(25-20(17)22)16-6-3-2-4-7-16/h2-4,6-7,12H,5,8-11,13-14H2,1H3,(H,26,27). The van der Waals surface area contributed by atoms with Crippen LogP contribution < -0.4 is 0 Å². The summed E-state index contributed by atoms with van der Waals surface area (Å²) >= 11 is 6.41. The molecule has 3 heterocycles. The van der Waals surface area contributed by atoms with Crippen molar-refractivity contribution in [2.75, 3.05) is 13.1 Å². The number of hydrogen-bond donors (Lipinski definition) is 1. The zero-order chi connectivity index (χ0) is 19.1. The summed E-state index contributed by atoms with van der Waals surface area (Å²) in [4.78, 5) is 12.2. The van der Waals surface area contributed by atoms with Crippen molar-refractivity contribution in [3.05, 3.63) is 64.2 Å². The Morgan fingerprint density at radius 1 is 1.21 bits per heavy atom. The van der Waals surface area contributed by atoms with Crippen LogP contribution in [0.2, 0.25) is 5.02 Å². The number of piperidine rings is 1. The van der Waals surface area contributed by atoms with E-state index in [1.165, 1.54) is 24.1 Å². The van der Waals surface area contributed by atoms with Gasteiger partial charge in [0, 0.05) is 30.3 Å². The van der Waals surface area contributed by atoms with Gasteiger partial charge in [-0.3, -0.25) is 10.00 Å². The number of hydrogen-bond acceptors (Lipinski definition) is 4. The van der Waals surface area contributed by atoms with E-state index in [2.05, 4.69) is 32.2 Å². The first kappa shape index (κ1) is 17.8. The third kappa shape index (κ3) is 3.03. The molecule has 0 amide bonds. The van der Waals surface area contributed by atoms with Gasteiger partial charge in [0.2, 0.25) is 0 Å². The van der Waals surface area contributed by atoms with Gasteiger partial charge in [-0.15, -0.1) is 0 Å². The molecule has 1 aliphatic carbocycles. The highest BCUT2D eigenvalue weighted by Crippen LogP contribution is 2.44. The summed E-state index contributed by atoms with van der Waals surface area (Å²) in [6.45, 7) is 4.84. The van der Waals surface area contributed by atoms with E-state index in [-0.39, 0.29) is 5.41 Å². The third-order valence-electron chi connectivity index (χ3n) is 6.24. The molecule has 0 saturated carbocycles. The Labute approximate surface area is 170 Å². The second kappa shape index (κ2) is 6.98. The molecular formula is C22H24ClN5. The molecule has 1 spiro atoms. The maximum absolute atomic E-state index is 6.41. The number of likely N-dealkylation sites (tertiary alicyclic amines) is 1. The number of aromatic nitrogens is 4. The van der Waals surface area contributed by atoms with Crippen LogP contribution in [-0.2, 0) is 18.4 Å². The summed E-state index contributed by atoms with van der Waals surface area (Å²) in [5, 5.41) is 8.16. The predicted octanol–water partition coefficient (Wildman–Crippen LogP) is 4.31. The molecule has 2 aromatic heterocycles. The van der Waals surface area contributed by atoms with E-state index >= 15 is 0 Å². The van der Waals surface area contributed by atoms with E-state index in [1.807, 2.05) is 31.3 Å². The van der Waals surface area contributed by atoms with Gasteiger partial charge in [-0.25, -0.2) is 9.97 Å². The average Bonchev–Trinajstić information content (AvgIpc) is 3.23. The highest BCUT2D eigenvalue weighted by Gasteiger charge is 2.43. The van der Waals surface area contributed by atoms with Crippen molar-refractivity contribution in [1.82, 2.24) is 25.1 Å². The summed E-state index contributed by atoms with van der Waals surface area (Å²) < 4.78 is 0. The zero-order valence-corrected chi connectivity index (χ0v) is 16.8. The Morgan fingerprint density at radius 3 is 2.86 bits per heavy atom. The van der Waals surface area contributed by atoms with Crippen LogP contribution in [0.5, 0.6) is 0 Å². The van der Waals surface area contributed by atoms with Crippen molar-refractivity contribution >= 4 is 11.6 Å². The number of nitrogens with one attached hydrogen (secondary N) is 1. The van der Waals surface area contributed by atoms with E-state index < -0.39 is 0 Å². The summed E-state index contributed by atoms with van der Waals surface area (Å²) in [5.41, 5.74) is 5.67. The SMILES string of the molecule is Cc1[nH]nc(CN2CCCC3(CCc4cnc(-c5ccccc5)nc43)C2)c1Cl. The van der Waals surface area contributed by atoms with Gasteiger partial charge in [-0.1, -0.05) is 41.9 Å². The van der Waals surface area contributed by atoms with E-state index in [0.29, 0.717) is 0 Å². The molecule has 0 radical (unpaired) electrons. The highest BCUT2D eigenvalue weighted by atomic mass is 35.5. The second-order valence-corrected chi connectivity index (χ2v) is 8.52. The number of halogens is 1. The first-order valence-electron chi connectivity index (χ1n) is 9.98. The van der Waals surface area contributed by atoms with Crippen molar-refractivity contribution < 1.29 is 0 Å². The fourth-order valence-electron chi connectivity index (χ4n) is 4.81. The van der Waals surface area contributed by atoms with Crippen LogP contribution in [0.25, 0.3) is 11.4 Å². The number of nitrogens with zero attached hydrogens (tertiary/aromatic N) is 4. The van der Waals surface area contributed by atoms with Crippen molar-refractivity contribution in [2.24, 2.45) is 0 Å². The fraction of sp³-hybridized carbons (Fsp3) is 0.409. The van der Waals surface area contributed by atoms with E-state index in [4.69, 9.17) is 16.6 Å². The first-order chi connectivity index (χ1) is 13.6. The van der Waals surface area contributed by atoms with Gasteiger partial charge in [0.05, 0.1) is 22.1 Å². The van der Waals surface area contributed by atoms with Crippen LogP contribution in [-0.4, -0.2) is 38.2 Å². The molecule has 2 aliphatic rings. The molecule has 1 unspecified atom stereocenters. The smallest absolute Gasteiger partial charge is 0.159 e. The lowest BCUT2D eigenvalue weighted by atomic mass is 9.77. The number of aryl methyl sites for hydroxylation is 2. The first-order valence-corrected chi connectivity index (χ1v) is 10.4. The summed E-state index contributed by atoms with van der Waals surface area (Å²) in [5.74, 6) is 0.837. The number of H-pyrrole nitrogens is 1. The fourth-order valence-corrected chi connectivity index (χ4v) is 4.95. The Morgan fingerprint density at radius 2 is 2.07 bits per heavy atom. The van der Waals surface area contributed by atoms with E-state index in [9.17, 15) is 0 Å².